The van der Waals surface area contributed by atoms with Gasteiger partial charge in [-0.1, -0.05) is 62.4 Å². The Morgan fingerprint density at radius 2 is 1.83 bits per heavy atom. The van der Waals surface area contributed by atoms with Crippen LogP contribution in [0.2, 0.25) is 0 Å². The van der Waals surface area contributed by atoms with E-state index >= 15 is 0 Å². The molecule has 3 heteroatoms. The van der Waals surface area contributed by atoms with E-state index in [0.29, 0.717) is 5.92 Å². The zero-order valence-corrected chi connectivity index (χ0v) is 18.2. The lowest BCUT2D eigenvalue weighted by Crippen LogP contribution is -2.49. The van der Waals surface area contributed by atoms with Gasteiger partial charge in [0.25, 0.3) is 0 Å². The highest BCUT2D eigenvalue weighted by Crippen LogP contribution is 2.40. The van der Waals surface area contributed by atoms with Crippen molar-refractivity contribution in [1.82, 2.24) is 4.90 Å². The fourth-order valence-corrected chi connectivity index (χ4v) is 4.55. The molecule has 1 heterocycles. The van der Waals surface area contributed by atoms with E-state index in [1.807, 2.05) is 30.3 Å². The second kappa shape index (κ2) is 9.04. The van der Waals surface area contributed by atoms with Crippen LogP contribution < -0.4 is 0 Å². The first-order valence-corrected chi connectivity index (χ1v) is 10.7. The summed E-state index contributed by atoms with van der Waals surface area (Å²) < 4.78 is 0. The molecule has 1 saturated heterocycles. The van der Waals surface area contributed by atoms with E-state index in [0.717, 1.165) is 38.0 Å². The first kappa shape index (κ1) is 21.4. The Balaban J connectivity index is 1.69. The largest absolute Gasteiger partial charge is 0.302 e. The molecule has 1 aliphatic heterocycles. The number of hydrogen-bond acceptors (Lipinski definition) is 3. The van der Waals surface area contributed by atoms with Crippen LogP contribution in [0.15, 0.2) is 54.6 Å². The van der Waals surface area contributed by atoms with Gasteiger partial charge in [-0.3, -0.25) is 9.59 Å². The maximum atomic E-state index is 12.3. The number of nitrogens with zero attached hydrogens (tertiary/aromatic N) is 1. The fraction of sp³-hybridized carbons (Fsp3) is 0.462. The van der Waals surface area contributed by atoms with E-state index in [1.54, 1.807) is 13.8 Å². The summed E-state index contributed by atoms with van der Waals surface area (Å²) >= 11 is 0. The van der Waals surface area contributed by atoms with Gasteiger partial charge in [-0.15, -0.1) is 0 Å². The molecule has 29 heavy (non-hydrogen) atoms. The number of ketones is 2. The zero-order valence-electron chi connectivity index (χ0n) is 18.2. The molecule has 0 spiro atoms. The monoisotopic (exact) mass is 391 g/mol. The van der Waals surface area contributed by atoms with Gasteiger partial charge in [0.1, 0.15) is 5.78 Å². The van der Waals surface area contributed by atoms with E-state index in [2.05, 4.69) is 43.0 Å². The molecule has 0 unspecified atom stereocenters. The topological polar surface area (TPSA) is 37.4 Å². The van der Waals surface area contributed by atoms with Gasteiger partial charge >= 0.3 is 0 Å². The van der Waals surface area contributed by atoms with Crippen LogP contribution in [0.5, 0.6) is 0 Å². The Morgan fingerprint density at radius 1 is 1.10 bits per heavy atom. The number of carbonyl (C=O) groups excluding carboxylic acids is 2. The van der Waals surface area contributed by atoms with E-state index in [1.165, 1.54) is 11.1 Å². The van der Waals surface area contributed by atoms with Crippen molar-refractivity contribution in [3.05, 3.63) is 71.3 Å². The summed E-state index contributed by atoms with van der Waals surface area (Å²) in [5.41, 5.74) is 3.32. The molecule has 1 aliphatic rings. The zero-order chi connectivity index (χ0) is 21.0. The van der Waals surface area contributed by atoms with Crippen molar-refractivity contribution in [3.63, 3.8) is 0 Å². The Labute approximate surface area is 175 Å². The summed E-state index contributed by atoms with van der Waals surface area (Å²) in [6.07, 6.45) is 1.84. The first-order chi connectivity index (χ1) is 13.8. The predicted molar refractivity (Wildman–Crippen MR) is 118 cm³/mol. The van der Waals surface area contributed by atoms with E-state index in [4.69, 9.17) is 0 Å². The van der Waals surface area contributed by atoms with E-state index in [-0.39, 0.29) is 22.9 Å². The van der Waals surface area contributed by atoms with Gasteiger partial charge in [0.15, 0.2) is 5.78 Å². The average molecular weight is 392 g/mol. The summed E-state index contributed by atoms with van der Waals surface area (Å²) in [6.45, 7) is 10.7. The molecule has 2 aromatic rings. The highest BCUT2D eigenvalue weighted by molar-refractivity contribution is 5.94. The molecule has 3 atom stereocenters. The van der Waals surface area contributed by atoms with Gasteiger partial charge in [-0.05, 0) is 61.8 Å². The molecule has 0 aromatic heterocycles. The molecule has 0 N–H and O–H groups in total. The minimum absolute atomic E-state index is 0.0370. The van der Waals surface area contributed by atoms with Crippen LogP contribution in [0.25, 0.3) is 0 Å². The van der Waals surface area contributed by atoms with Crippen molar-refractivity contribution in [2.24, 2.45) is 11.8 Å². The SMILES string of the molecule is CC(=O)c1cccc([C@]2(C)CCN(C[C@H](Cc3ccccc3)C(C)=O)C[C@@H]2C)c1. The summed E-state index contributed by atoms with van der Waals surface area (Å²) in [7, 11) is 0. The number of carbonyl (C=O) groups is 2. The average Bonchev–Trinajstić information content (AvgIpc) is 2.71. The lowest BCUT2D eigenvalue weighted by molar-refractivity contribution is -0.121. The Kier molecular flexibility index (Phi) is 6.69. The molecule has 0 aliphatic carbocycles. The van der Waals surface area contributed by atoms with Gasteiger partial charge in [-0.2, -0.15) is 0 Å². The normalized spacial score (nSPS) is 23.5. The number of benzene rings is 2. The number of rotatable bonds is 7. The molecule has 0 radical (unpaired) electrons. The summed E-state index contributed by atoms with van der Waals surface area (Å²) in [5.74, 6) is 0.868. The fourth-order valence-electron chi connectivity index (χ4n) is 4.55. The summed E-state index contributed by atoms with van der Waals surface area (Å²) in [4.78, 5) is 26.6. The van der Waals surface area contributed by atoms with Gasteiger partial charge < -0.3 is 4.90 Å². The van der Waals surface area contributed by atoms with Gasteiger partial charge in [0.2, 0.25) is 0 Å². The Bertz CT molecular complexity index is 860. The highest BCUT2D eigenvalue weighted by atomic mass is 16.1. The number of likely N-dealkylation sites (tertiary alicyclic amines) is 1. The molecule has 3 rings (SSSR count). The quantitative estimate of drug-likeness (QED) is 0.628. The maximum Gasteiger partial charge on any atom is 0.159 e. The van der Waals surface area contributed by atoms with Crippen LogP contribution >= 0.6 is 0 Å². The van der Waals surface area contributed by atoms with Crippen LogP contribution in [0.3, 0.4) is 0 Å². The molecule has 1 fully saturated rings. The number of Topliss-reactive ketones (excluding diaryl/α,β-unsaturated/α-hetero) is 2. The highest BCUT2D eigenvalue weighted by Gasteiger charge is 2.38. The van der Waals surface area contributed by atoms with Crippen molar-refractivity contribution in [1.29, 1.82) is 0 Å². The third-order valence-corrected chi connectivity index (χ3v) is 6.87. The third kappa shape index (κ3) is 5.02. The van der Waals surface area contributed by atoms with Crippen LogP contribution in [0.4, 0.5) is 0 Å². The van der Waals surface area contributed by atoms with Crippen molar-refractivity contribution >= 4 is 11.6 Å². The van der Waals surface area contributed by atoms with Crippen LogP contribution in [0.1, 0.15) is 55.6 Å². The molecular formula is C26H33NO2. The molecule has 3 nitrogen and oxygen atoms in total. The lowest BCUT2D eigenvalue weighted by atomic mass is 9.67. The van der Waals surface area contributed by atoms with E-state index < -0.39 is 0 Å². The minimum Gasteiger partial charge on any atom is -0.302 e. The molecule has 0 bridgehead atoms. The molecular weight excluding hydrogens is 358 g/mol. The van der Waals surface area contributed by atoms with Crippen LogP contribution in [0, 0.1) is 11.8 Å². The lowest BCUT2D eigenvalue weighted by Gasteiger charge is -2.46. The van der Waals surface area contributed by atoms with Crippen LogP contribution in [-0.2, 0) is 16.6 Å². The molecule has 154 valence electrons. The molecule has 0 saturated carbocycles. The van der Waals surface area contributed by atoms with Crippen molar-refractivity contribution < 1.29 is 9.59 Å². The maximum absolute atomic E-state index is 12.3. The number of hydrogen-bond donors (Lipinski definition) is 0. The first-order valence-electron chi connectivity index (χ1n) is 10.7. The van der Waals surface area contributed by atoms with Gasteiger partial charge in [-0.25, -0.2) is 0 Å². The van der Waals surface area contributed by atoms with E-state index in [9.17, 15) is 9.59 Å². The van der Waals surface area contributed by atoms with Crippen molar-refractivity contribution in [3.8, 4) is 0 Å². The second-order valence-corrected chi connectivity index (χ2v) is 8.96. The smallest absolute Gasteiger partial charge is 0.159 e. The standard InChI is InChI=1S/C26H33NO2/c1-19-17-27(18-24(21(3)29)15-22-9-6-5-7-10-22)14-13-26(19,4)25-12-8-11-23(16-25)20(2)28/h5-12,16,19,24H,13-15,17-18H2,1-4H3/t19-,24-,26+/m0/s1. The van der Waals surface area contributed by atoms with Crippen molar-refractivity contribution in [2.45, 2.75) is 46.0 Å². The predicted octanol–water partition coefficient (Wildman–Crippen LogP) is 4.94. The Hall–Kier alpha value is -2.26. The second-order valence-electron chi connectivity index (χ2n) is 8.96. The molecule has 2 aromatic carbocycles. The van der Waals surface area contributed by atoms with Gasteiger partial charge in [0, 0.05) is 24.6 Å². The molecule has 0 amide bonds. The van der Waals surface area contributed by atoms with Crippen molar-refractivity contribution in [2.75, 3.05) is 19.6 Å². The van der Waals surface area contributed by atoms with Gasteiger partial charge in [0.05, 0.1) is 0 Å². The summed E-state index contributed by atoms with van der Waals surface area (Å²) in [5, 5.41) is 0. The third-order valence-electron chi connectivity index (χ3n) is 6.87. The Morgan fingerprint density at radius 3 is 2.45 bits per heavy atom. The number of piperidine rings is 1. The summed E-state index contributed by atoms with van der Waals surface area (Å²) in [6, 6.07) is 18.4. The van der Waals surface area contributed by atoms with Crippen LogP contribution in [-0.4, -0.2) is 36.1 Å². The minimum atomic E-state index is 0.0370.